The number of oxime groups is 1. The van der Waals surface area contributed by atoms with Gasteiger partial charge in [0.05, 0.1) is 12.3 Å². The summed E-state index contributed by atoms with van der Waals surface area (Å²) in [5, 5.41) is 16.6. The Hall–Kier alpha value is -3.16. The van der Waals surface area contributed by atoms with Crippen molar-refractivity contribution in [2.75, 3.05) is 13.2 Å². The van der Waals surface area contributed by atoms with E-state index in [1.807, 2.05) is 0 Å². The molecule has 3 saturated carbocycles. The zero-order valence-corrected chi connectivity index (χ0v) is 25.5. The molecule has 0 spiro atoms. The van der Waals surface area contributed by atoms with E-state index in [1.54, 1.807) is 38.1 Å². The monoisotopic (exact) mass is 578 g/mol. The molecule has 0 bridgehead atoms. The molecule has 0 saturated heterocycles. The van der Waals surface area contributed by atoms with Crippen molar-refractivity contribution in [2.24, 2.45) is 39.7 Å². The average Bonchev–Trinajstić information content (AvgIpc) is 3.31. The number of nitrogens with one attached hydrogen (secondary N) is 1. The summed E-state index contributed by atoms with van der Waals surface area (Å²) in [4.78, 5) is 43.1. The molecule has 1 amide bonds. The Bertz CT molecular complexity index is 1250. The normalized spacial score (nSPS) is 33.4. The molecule has 2 N–H and O–H groups in total. The third-order valence-corrected chi connectivity index (χ3v) is 11.1. The summed E-state index contributed by atoms with van der Waals surface area (Å²) in [5.41, 5.74) is 3.40. The first-order valence-corrected chi connectivity index (χ1v) is 15.7. The number of rotatable bonds is 9. The summed E-state index contributed by atoms with van der Waals surface area (Å²) in [6, 6.07) is 5.62. The van der Waals surface area contributed by atoms with Crippen LogP contribution in [0.2, 0.25) is 0 Å². The molecule has 5 rings (SSSR count). The minimum absolute atomic E-state index is 0.132. The van der Waals surface area contributed by atoms with Crippen LogP contribution >= 0.6 is 0 Å². The van der Waals surface area contributed by atoms with E-state index >= 15 is 0 Å². The first kappa shape index (κ1) is 30.3. The van der Waals surface area contributed by atoms with Gasteiger partial charge in [-0.1, -0.05) is 36.7 Å². The van der Waals surface area contributed by atoms with Crippen LogP contribution in [0.5, 0.6) is 5.75 Å². The van der Waals surface area contributed by atoms with Gasteiger partial charge in [0.25, 0.3) is 5.91 Å². The maximum absolute atomic E-state index is 12.7. The summed E-state index contributed by atoms with van der Waals surface area (Å²) in [6.07, 6.45) is 11.0. The number of carbonyl (C=O) groups excluding carboxylic acids is 3. The second-order valence-corrected chi connectivity index (χ2v) is 13.4. The van der Waals surface area contributed by atoms with Gasteiger partial charge < -0.3 is 20.0 Å². The Morgan fingerprint density at radius 1 is 1.05 bits per heavy atom. The number of Topliss-reactive ketones (excluding diaryl/α,β-unsaturated/α-hetero) is 1. The third-order valence-electron chi connectivity index (χ3n) is 11.1. The summed E-state index contributed by atoms with van der Waals surface area (Å²) in [7, 11) is 0. The van der Waals surface area contributed by atoms with Gasteiger partial charge in [0.1, 0.15) is 17.6 Å². The van der Waals surface area contributed by atoms with Crippen LogP contribution in [0.4, 0.5) is 0 Å². The fourth-order valence-corrected chi connectivity index (χ4v) is 9.02. The quantitative estimate of drug-likeness (QED) is 0.295. The highest BCUT2D eigenvalue weighted by molar-refractivity contribution is 5.96. The number of hydrogen-bond acceptors (Lipinski definition) is 7. The van der Waals surface area contributed by atoms with Gasteiger partial charge in [-0.25, -0.2) is 4.79 Å². The zero-order valence-electron chi connectivity index (χ0n) is 25.5. The van der Waals surface area contributed by atoms with E-state index < -0.39 is 17.9 Å². The zero-order chi connectivity index (χ0) is 30.1. The number of ketones is 1. The van der Waals surface area contributed by atoms with Crippen LogP contribution in [-0.2, 0) is 30.4 Å². The number of aromatic hydroxyl groups is 1. The Kier molecular flexibility index (Phi) is 8.81. The average molecular weight is 579 g/mol. The van der Waals surface area contributed by atoms with Gasteiger partial charge in [-0.2, -0.15) is 0 Å². The number of ether oxygens (including phenoxy) is 1. The van der Waals surface area contributed by atoms with Gasteiger partial charge >= 0.3 is 5.97 Å². The van der Waals surface area contributed by atoms with Crippen molar-refractivity contribution >= 4 is 23.4 Å². The molecule has 228 valence electrons. The topological polar surface area (TPSA) is 114 Å². The minimum atomic E-state index is -0.867. The van der Waals surface area contributed by atoms with Gasteiger partial charge in [-0.15, -0.1) is 0 Å². The highest BCUT2D eigenvalue weighted by Gasteiger charge is 2.59. The smallest absolute Gasteiger partial charge is 0.328 e. The van der Waals surface area contributed by atoms with E-state index in [-0.39, 0.29) is 42.1 Å². The van der Waals surface area contributed by atoms with Crippen LogP contribution in [0, 0.1) is 34.5 Å². The number of carbonyl (C=O) groups is 3. The van der Waals surface area contributed by atoms with Gasteiger partial charge in [0.2, 0.25) is 0 Å². The van der Waals surface area contributed by atoms with Crippen LogP contribution in [-0.4, -0.2) is 47.7 Å². The maximum atomic E-state index is 12.7. The molecule has 0 aromatic heterocycles. The molecule has 5 unspecified atom stereocenters. The number of benzene rings is 1. The van der Waals surface area contributed by atoms with E-state index in [2.05, 4.69) is 30.4 Å². The van der Waals surface area contributed by atoms with E-state index in [4.69, 9.17) is 9.57 Å². The lowest BCUT2D eigenvalue weighted by atomic mass is 9.46. The Balaban J connectivity index is 1.19. The van der Waals surface area contributed by atoms with Crippen molar-refractivity contribution in [3.8, 4) is 5.75 Å². The molecule has 8 heteroatoms. The summed E-state index contributed by atoms with van der Waals surface area (Å²) in [5.74, 6) is 1.74. The number of phenols is 1. The van der Waals surface area contributed by atoms with Gasteiger partial charge in [-0.3, -0.25) is 9.59 Å². The minimum Gasteiger partial charge on any atom is -0.508 e. The lowest BCUT2D eigenvalue weighted by molar-refractivity contribution is -0.147. The molecule has 1 aromatic carbocycles. The van der Waals surface area contributed by atoms with Gasteiger partial charge in [0, 0.05) is 12.3 Å². The van der Waals surface area contributed by atoms with Crippen LogP contribution < -0.4 is 5.32 Å². The molecule has 42 heavy (non-hydrogen) atoms. The van der Waals surface area contributed by atoms with Crippen molar-refractivity contribution in [3.63, 3.8) is 0 Å². The predicted molar refractivity (Wildman–Crippen MR) is 160 cm³/mol. The van der Waals surface area contributed by atoms with Crippen molar-refractivity contribution in [1.82, 2.24) is 5.32 Å². The first-order valence-electron chi connectivity index (χ1n) is 15.7. The van der Waals surface area contributed by atoms with E-state index in [9.17, 15) is 19.5 Å². The molecule has 7 atom stereocenters. The van der Waals surface area contributed by atoms with Gasteiger partial charge in [-0.05, 0) is 118 Å². The van der Waals surface area contributed by atoms with E-state index in [0.29, 0.717) is 23.5 Å². The molecule has 0 radical (unpaired) electrons. The number of hydrogen-bond donors (Lipinski definition) is 2. The van der Waals surface area contributed by atoms with E-state index in [1.165, 1.54) is 24.8 Å². The number of amides is 1. The molecule has 4 aliphatic rings. The lowest BCUT2D eigenvalue weighted by Gasteiger charge is -2.58. The van der Waals surface area contributed by atoms with Crippen molar-refractivity contribution < 1.29 is 29.1 Å². The van der Waals surface area contributed by atoms with Crippen LogP contribution in [0.15, 0.2) is 41.1 Å². The second kappa shape index (κ2) is 12.2. The molecule has 3 fully saturated rings. The molecular formula is C34H46N2O6. The number of phenolic OH excluding ortho intramolecular Hbond substituents is 1. The molecule has 1 aromatic rings. The second-order valence-electron chi connectivity index (χ2n) is 13.4. The van der Waals surface area contributed by atoms with Crippen molar-refractivity contribution in [2.45, 2.75) is 91.5 Å². The maximum Gasteiger partial charge on any atom is 0.328 e. The van der Waals surface area contributed by atoms with Crippen LogP contribution in [0.3, 0.4) is 0 Å². The van der Waals surface area contributed by atoms with Gasteiger partial charge in [0.15, 0.2) is 6.61 Å². The van der Waals surface area contributed by atoms with Crippen molar-refractivity contribution in [1.29, 1.82) is 0 Å². The van der Waals surface area contributed by atoms with Crippen molar-refractivity contribution in [3.05, 3.63) is 41.5 Å². The molecule has 8 nitrogen and oxygen atoms in total. The molecule has 4 aliphatic carbocycles. The predicted octanol–water partition coefficient (Wildman–Crippen LogP) is 5.52. The number of fused-ring (bicyclic) bond motifs is 5. The largest absolute Gasteiger partial charge is 0.508 e. The number of allylic oxidation sites excluding steroid dienone is 2. The fraction of sp³-hybridized carbons (Fsp3) is 0.647. The Morgan fingerprint density at radius 2 is 1.81 bits per heavy atom. The van der Waals surface area contributed by atoms with Crippen LogP contribution in [0.25, 0.3) is 0 Å². The first-order chi connectivity index (χ1) is 20.0. The Morgan fingerprint density at radius 3 is 2.52 bits per heavy atom. The highest BCUT2D eigenvalue weighted by Crippen LogP contribution is 2.66. The molecular weight excluding hydrogens is 532 g/mol. The molecule has 0 aliphatic heterocycles. The summed E-state index contributed by atoms with van der Waals surface area (Å²) >= 11 is 0. The summed E-state index contributed by atoms with van der Waals surface area (Å²) < 4.78 is 5.15. The SMILES string of the molecule is CCOC(=O)C(Cc1ccc(O)cc1)NC(=O)CON=C1C=C2CCC3C4CCC(C(C)=O)[C@@]4(C)CCC3[C@@]2(C)CC1. The van der Waals surface area contributed by atoms with E-state index in [0.717, 1.165) is 43.4 Å². The number of nitrogens with zero attached hydrogens (tertiary/aromatic N) is 1. The number of esters is 1. The van der Waals surface area contributed by atoms with Crippen LogP contribution in [0.1, 0.15) is 84.6 Å². The Labute approximate surface area is 249 Å². The summed E-state index contributed by atoms with van der Waals surface area (Å²) in [6.45, 7) is 8.25. The third kappa shape index (κ3) is 5.86. The molecule has 0 heterocycles. The highest BCUT2D eigenvalue weighted by atomic mass is 16.6. The lowest BCUT2D eigenvalue weighted by Crippen LogP contribution is -2.51. The standard InChI is InChI=1S/C34H46N2O6/c1-5-41-32(40)30(18-22-6-9-25(38)10-7-22)35-31(39)20-42-36-24-14-16-33(3)23(19-24)8-11-26-28-13-12-27(21(2)37)34(28,4)17-15-29(26)33/h6-7,9-10,19,26-30,38H,5,8,11-18,20H2,1-4H3,(H,35,39)/t26?,27?,28?,29?,30?,33-,34+/m0/s1. The fourth-order valence-electron chi connectivity index (χ4n) is 9.02.